The number of hydrogen-bond donors (Lipinski definition) is 0. The third kappa shape index (κ3) is 2.95. The summed E-state index contributed by atoms with van der Waals surface area (Å²) in [6, 6.07) is 11.5. The number of halogens is 2. The lowest BCUT2D eigenvalue weighted by Gasteiger charge is -1.99. The van der Waals surface area contributed by atoms with Gasteiger partial charge >= 0.3 is 0 Å². The van der Waals surface area contributed by atoms with Gasteiger partial charge in [-0.15, -0.1) is 10.2 Å². The van der Waals surface area contributed by atoms with Gasteiger partial charge in [-0.25, -0.2) is 8.78 Å². The molecule has 0 N–H and O–H groups in total. The van der Waals surface area contributed by atoms with Crippen LogP contribution in [0.15, 0.2) is 42.5 Å². The number of rotatable bonds is 4. The molecule has 5 nitrogen and oxygen atoms in total. The van der Waals surface area contributed by atoms with E-state index in [9.17, 15) is 8.78 Å². The largest absolute Gasteiger partial charge is 0.497 e. The molecule has 2 aromatic carbocycles. The number of aromatic nitrogens is 4. The molecule has 0 aliphatic rings. The average Bonchev–Trinajstić information content (AvgIpc) is 3.23. The van der Waals surface area contributed by atoms with Crippen LogP contribution >= 0.6 is 11.3 Å². The van der Waals surface area contributed by atoms with Crippen LogP contribution in [0, 0.1) is 11.6 Å². The number of hydrogen-bond acceptors (Lipinski definition) is 5. The van der Waals surface area contributed by atoms with Gasteiger partial charge in [0.2, 0.25) is 4.96 Å². The second-order valence-corrected chi connectivity index (χ2v) is 6.35. The van der Waals surface area contributed by atoms with Crippen LogP contribution in [0.1, 0.15) is 10.6 Å². The van der Waals surface area contributed by atoms with Crippen LogP contribution in [0.2, 0.25) is 0 Å². The molecule has 0 fully saturated rings. The molecular formula is C18H12F2N4OS. The highest BCUT2D eigenvalue weighted by Gasteiger charge is 2.17. The van der Waals surface area contributed by atoms with Crippen LogP contribution < -0.4 is 4.74 Å². The standard InChI is InChI=1S/C18H12F2N4OS/c1-25-12-8-5-11(6-9-12)7-10-15-23-24-17(21-22-18(24)26-15)13-3-2-4-14(19)16(13)20/h2-10H,1H3/b10-7+. The van der Waals surface area contributed by atoms with Crippen molar-refractivity contribution in [3.63, 3.8) is 0 Å². The number of fused-ring (bicyclic) bond motifs is 1. The minimum atomic E-state index is -0.967. The maximum absolute atomic E-state index is 14.0. The van der Waals surface area contributed by atoms with Gasteiger partial charge in [0, 0.05) is 0 Å². The number of nitrogens with zero attached hydrogens (tertiary/aromatic N) is 4. The second kappa shape index (κ2) is 6.64. The lowest BCUT2D eigenvalue weighted by molar-refractivity contribution is 0.415. The van der Waals surface area contributed by atoms with Crippen molar-refractivity contribution in [2.24, 2.45) is 0 Å². The molecule has 4 aromatic rings. The van der Waals surface area contributed by atoms with Crippen molar-refractivity contribution < 1.29 is 13.5 Å². The Hall–Kier alpha value is -3.13. The molecule has 2 aromatic heterocycles. The van der Waals surface area contributed by atoms with Crippen LogP contribution in [0.4, 0.5) is 8.78 Å². The maximum Gasteiger partial charge on any atom is 0.235 e. The predicted octanol–water partition coefficient (Wildman–Crippen LogP) is 4.31. The summed E-state index contributed by atoms with van der Waals surface area (Å²) in [5.41, 5.74) is 1.00. The first kappa shape index (κ1) is 16.3. The Labute approximate surface area is 151 Å². The summed E-state index contributed by atoms with van der Waals surface area (Å²) in [6.45, 7) is 0. The minimum Gasteiger partial charge on any atom is -0.497 e. The minimum absolute atomic E-state index is 0.0217. The summed E-state index contributed by atoms with van der Waals surface area (Å²) >= 11 is 1.30. The highest BCUT2D eigenvalue weighted by atomic mass is 32.1. The van der Waals surface area contributed by atoms with Crippen molar-refractivity contribution in [2.45, 2.75) is 0 Å². The fourth-order valence-corrected chi connectivity index (χ4v) is 3.17. The molecule has 2 heterocycles. The van der Waals surface area contributed by atoms with Crippen LogP contribution in [-0.2, 0) is 0 Å². The van der Waals surface area contributed by atoms with Gasteiger partial charge in [-0.2, -0.15) is 9.61 Å². The van der Waals surface area contributed by atoms with Gasteiger partial charge in [0.1, 0.15) is 10.8 Å². The zero-order valence-electron chi connectivity index (χ0n) is 13.6. The summed E-state index contributed by atoms with van der Waals surface area (Å²) < 4.78 is 34.0. The van der Waals surface area contributed by atoms with E-state index in [4.69, 9.17) is 4.74 Å². The second-order valence-electron chi connectivity index (χ2n) is 5.37. The lowest BCUT2D eigenvalue weighted by Crippen LogP contribution is -1.95. The van der Waals surface area contributed by atoms with Crippen LogP contribution in [0.3, 0.4) is 0 Å². The van der Waals surface area contributed by atoms with E-state index in [1.807, 2.05) is 36.4 Å². The first-order valence-corrected chi connectivity index (χ1v) is 8.46. The van der Waals surface area contributed by atoms with Gasteiger partial charge in [0.25, 0.3) is 0 Å². The Morgan fingerprint density at radius 3 is 2.62 bits per heavy atom. The van der Waals surface area contributed by atoms with Gasteiger partial charge in [-0.05, 0) is 35.9 Å². The number of methoxy groups -OCH3 is 1. The molecular weight excluding hydrogens is 358 g/mol. The van der Waals surface area contributed by atoms with Crippen LogP contribution in [-0.4, -0.2) is 26.9 Å². The quantitative estimate of drug-likeness (QED) is 0.537. The summed E-state index contributed by atoms with van der Waals surface area (Å²) in [4.78, 5) is 0.498. The lowest BCUT2D eigenvalue weighted by atomic mass is 10.2. The molecule has 0 amide bonds. The van der Waals surface area contributed by atoms with E-state index in [2.05, 4.69) is 15.3 Å². The predicted molar refractivity (Wildman–Crippen MR) is 95.9 cm³/mol. The van der Waals surface area contributed by atoms with Crippen LogP contribution in [0.25, 0.3) is 28.5 Å². The molecule has 0 unspecified atom stereocenters. The van der Waals surface area contributed by atoms with E-state index in [0.29, 0.717) is 9.97 Å². The highest BCUT2D eigenvalue weighted by Crippen LogP contribution is 2.26. The number of benzene rings is 2. The highest BCUT2D eigenvalue weighted by molar-refractivity contribution is 7.17. The molecule has 0 saturated carbocycles. The van der Waals surface area contributed by atoms with Crippen molar-refractivity contribution in [3.8, 4) is 17.1 Å². The average molecular weight is 370 g/mol. The Bertz CT molecular complexity index is 1100. The Morgan fingerprint density at radius 2 is 1.85 bits per heavy atom. The van der Waals surface area contributed by atoms with Gasteiger partial charge in [0.15, 0.2) is 17.5 Å². The zero-order chi connectivity index (χ0) is 18.1. The van der Waals surface area contributed by atoms with E-state index in [0.717, 1.165) is 17.4 Å². The molecule has 0 atom stereocenters. The zero-order valence-corrected chi connectivity index (χ0v) is 14.4. The smallest absolute Gasteiger partial charge is 0.235 e. The SMILES string of the molecule is COc1ccc(/C=C/c2nn3c(-c4cccc(F)c4F)nnc3s2)cc1. The van der Waals surface area contributed by atoms with E-state index >= 15 is 0 Å². The first-order chi connectivity index (χ1) is 12.7. The fraction of sp³-hybridized carbons (Fsp3) is 0.0556. The van der Waals surface area contributed by atoms with E-state index in [1.54, 1.807) is 7.11 Å². The Kier molecular flexibility index (Phi) is 4.18. The Balaban J connectivity index is 1.67. The molecule has 4 rings (SSSR count). The van der Waals surface area contributed by atoms with E-state index in [1.165, 1.54) is 28.0 Å². The van der Waals surface area contributed by atoms with Crippen molar-refractivity contribution in [1.82, 2.24) is 19.8 Å². The van der Waals surface area contributed by atoms with E-state index < -0.39 is 11.6 Å². The summed E-state index contributed by atoms with van der Waals surface area (Å²) in [6.07, 6.45) is 3.72. The molecule has 0 radical (unpaired) electrons. The first-order valence-electron chi connectivity index (χ1n) is 7.64. The van der Waals surface area contributed by atoms with Gasteiger partial charge in [-0.3, -0.25) is 0 Å². The Morgan fingerprint density at radius 1 is 1.04 bits per heavy atom. The molecule has 0 bridgehead atoms. The fourth-order valence-electron chi connectivity index (χ4n) is 2.43. The van der Waals surface area contributed by atoms with Crippen molar-refractivity contribution >= 4 is 28.4 Å². The molecule has 0 saturated heterocycles. The third-order valence-electron chi connectivity index (χ3n) is 3.73. The monoisotopic (exact) mass is 370 g/mol. The van der Waals surface area contributed by atoms with Crippen LogP contribution in [0.5, 0.6) is 5.75 Å². The van der Waals surface area contributed by atoms with Gasteiger partial charge < -0.3 is 4.74 Å². The third-order valence-corrected chi connectivity index (χ3v) is 4.60. The molecule has 26 heavy (non-hydrogen) atoms. The van der Waals surface area contributed by atoms with Crippen molar-refractivity contribution in [1.29, 1.82) is 0 Å². The molecule has 0 spiro atoms. The summed E-state index contributed by atoms with van der Waals surface area (Å²) in [5, 5.41) is 13.0. The van der Waals surface area contributed by atoms with Gasteiger partial charge in [0.05, 0.1) is 12.7 Å². The molecule has 130 valence electrons. The normalized spacial score (nSPS) is 11.5. The molecule has 0 aliphatic carbocycles. The molecule has 8 heteroatoms. The maximum atomic E-state index is 14.0. The van der Waals surface area contributed by atoms with E-state index in [-0.39, 0.29) is 11.4 Å². The van der Waals surface area contributed by atoms with Crippen molar-refractivity contribution in [2.75, 3.05) is 7.11 Å². The topological polar surface area (TPSA) is 52.3 Å². The molecule has 0 aliphatic heterocycles. The van der Waals surface area contributed by atoms with Crippen molar-refractivity contribution in [3.05, 3.63) is 64.7 Å². The summed E-state index contributed by atoms with van der Waals surface area (Å²) in [5.74, 6) is -0.959. The van der Waals surface area contributed by atoms with Gasteiger partial charge in [-0.1, -0.05) is 35.6 Å². The summed E-state index contributed by atoms with van der Waals surface area (Å²) in [7, 11) is 1.61. The number of ether oxygens (including phenoxy) is 1.